The fourth-order valence-electron chi connectivity index (χ4n) is 0.954. The van der Waals surface area contributed by atoms with Gasteiger partial charge in [-0.1, -0.05) is 0 Å². The molecule has 16 nitrogen and oxygen atoms in total. The molecule has 8 N–H and O–H groups in total. The van der Waals surface area contributed by atoms with E-state index in [9.17, 15) is 23.2 Å². The van der Waals surface area contributed by atoms with Crippen LogP contribution in [0.15, 0.2) is 0 Å². The molecule has 0 aliphatic heterocycles. The maximum atomic E-state index is 11.5. The lowest BCUT2D eigenvalue weighted by molar-refractivity contribution is -0.0316. The zero-order valence-corrected chi connectivity index (χ0v) is 15.5. The number of aliphatic hydroxyl groups is 3. The summed E-state index contributed by atoms with van der Waals surface area (Å²) >= 11 is 0. The predicted molar refractivity (Wildman–Crippen MR) is 74.4 cm³/mol. The Morgan fingerprint density at radius 2 is 1.00 bits per heavy atom. The first-order valence-corrected chi connectivity index (χ1v) is 11.7. The summed E-state index contributed by atoms with van der Waals surface area (Å²) in [7, 11) is -23.0. The highest BCUT2D eigenvalue weighted by atomic mass is 31.3. The van der Waals surface area contributed by atoms with Gasteiger partial charge < -0.3 is 39.8 Å². The first-order valence-electron chi connectivity index (χ1n) is 5.66. The van der Waals surface area contributed by atoms with Gasteiger partial charge in [0, 0.05) is 0 Å². The molecule has 0 aliphatic carbocycles. The van der Waals surface area contributed by atoms with Crippen LogP contribution in [-0.4, -0.2) is 66.2 Å². The van der Waals surface area contributed by atoms with E-state index in [1.54, 1.807) is 0 Å². The number of phosphoric acid groups is 4. The van der Waals surface area contributed by atoms with E-state index in [1.807, 2.05) is 0 Å². The third-order valence-electron chi connectivity index (χ3n) is 2.16. The summed E-state index contributed by atoms with van der Waals surface area (Å²) < 4.78 is 58.6. The number of rotatable bonds is 12. The quantitative estimate of drug-likeness (QED) is 0.154. The van der Waals surface area contributed by atoms with Crippen LogP contribution >= 0.6 is 31.3 Å². The van der Waals surface area contributed by atoms with Crippen molar-refractivity contribution in [3.05, 3.63) is 0 Å². The zero-order valence-electron chi connectivity index (χ0n) is 12.0. The fraction of sp³-hybridized carbons (Fsp3) is 1.00. The Hall–Kier alpha value is 0.440. The molecule has 0 heterocycles. The van der Waals surface area contributed by atoms with Crippen LogP contribution in [0.4, 0.5) is 0 Å². The van der Waals surface area contributed by atoms with Gasteiger partial charge in [0.2, 0.25) is 0 Å². The first kappa shape index (κ1) is 25.4. The topological polar surface area (TPSA) is 267 Å². The third-order valence-corrected chi connectivity index (χ3v) is 7.60. The van der Waals surface area contributed by atoms with Crippen LogP contribution < -0.4 is 0 Å². The minimum Gasteiger partial charge on any atom is -0.396 e. The van der Waals surface area contributed by atoms with Crippen molar-refractivity contribution in [3.63, 3.8) is 0 Å². The Balaban J connectivity index is 5.03. The van der Waals surface area contributed by atoms with Crippen LogP contribution in [-0.2, 0) is 35.7 Å². The molecule has 0 spiro atoms. The molecule has 3 unspecified atom stereocenters. The van der Waals surface area contributed by atoms with E-state index in [0.29, 0.717) is 0 Å². The molecule has 0 aromatic rings. The molecule has 0 radical (unpaired) electrons. The molecule has 0 fully saturated rings. The molecule has 152 valence electrons. The molecular formula is C5H16O16P4. The van der Waals surface area contributed by atoms with E-state index in [2.05, 4.69) is 17.5 Å². The van der Waals surface area contributed by atoms with E-state index >= 15 is 0 Å². The summed E-state index contributed by atoms with van der Waals surface area (Å²) in [5.74, 6) is 0. The van der Waals surface area contributed by atoms with E-state index in [1.165, 1.54) is 0 Å². The van der Waals surface area contributed by atoms with Crippen molar-refractivity contribution in [2.24, 2.45) is 5.41 Å². The summed E-state index contributed by atoms with van der Waals surface area (Å²) in [6.07, 6.45) is 0. The lowest BCUT2D eigenvalue weighted by Gasteiger charge is -2.27. The van der Waals surface area contributed by atoms with Gasteiger partial charge in [-0.05, 0) is 0 Å². The maximum Gasteiger partial charge on any atom is 0.490 e. The minimum atomic E-state index is -5.94. The molecule has 0 aromatic heterocycles. The number of phosphoric ester groups is 1. The number of aliphatic hydroxyl groups excluding tert-OH is 3. The SMILES string of the molecule is O=P(O)(O)OP(=O)(O)OP(=O)(O)OP(=O)(O)OCC(CO)(CO)CO. The van der Waals surface area contributed by atoms with Gasteiger partial charge in [-0.2, -0.15) is 12.9 Å². The molecular weight excluding hydrogens is 440 g/mol. The maximum absolute atomic E-state index is 11.5. The molecule has 25 heavy (non-hydrogen) atoms. The van der Waals surface area contributed by atoms with Crippen LogP contribution in [0.2, 0.25) is 0 Å². The fourth-order valence-corrected chi connectivity index (χ4v) is 5.52. The summed E-state index contributed by atoms with van der Waals surface area (Å²) in [6.45, 7) is -3.88. The van der Waals surface area contributed by atoms with Gasteiger partial charge in [-0.15, -0.1) is 0 Å². The molecule has 0 rings (SSSR count). The van der Waals surface area contributed by atoms with Gasteiger partial charge in [-0.3, -0.25) is 4.52 Å². The van der Waals surface area contributed by atoms with Gasteiger partial charge in [0.05, 0.1) is 31.8 Å². The zero-order chi connectivity index (χ0) is 20.2. The van der Waals surface area contributed by atoms with E-state index in [0.717, 1.165) is 0 Å². The van der Waals surface area contributed by atoms with Crippen LogP contribution in [0.1, 0.15) is 0 Å². The molecule has 0 saturated carbocycles. The number of hydrogen-bond donors (Lipinski definition) is 8. The molecule has 0 aromatic carbocycles. The highest BCUT2D eigenvalue weighted by molar-refractivity contribution is 7.69. The van der Waals surface area contributed by atoms with Gasteiger partial charge >= 0.3 is 31.3 Å². The smallest absolute Gasteiger partial charge is 0.396 e. The Kier molecular flexibility index (Phi) is 9.25. The highest BCUT2D eigenvalue weighted by Crippen LogP contribution is 2.70. The van der Waals surface area contributed by atoms with Crippen LogP contribution in [0, 0.1) is 5.41 Å². The Bertz CT molecular complexity index is 610. The van der Waals surface area contributed by atoms with Crippen LogP contribution in [0.25, 0.3) is 0 Å². The molecule has 20 heteroatoms. The number of hydrogen-bond acceptors (Lipinski definition) is 11. The van der Waals surface area contributed by atoms with E-state index in [4.69, 9.17) is 34.9 Å². The first-order chi connectivity index (χ1) is 11.0. The highest BCUT2D eigenvalue weighted by Gasteiger charge is 2.45. The van der Waals surface area contributed by atoms with E-state index in [-0.39, 0.29) is 0 Å². The Morgan fingerprint density at radius 1 is 0.640 bits per heavy atom. The van der Waals surface area contributed by atoms with Crippen molar-refractivity contribution in [2.75, 3.05) is 26.4 Å². The Morgan fingerprint density at radius 3 is 1.36 bits per heavy atom. The van der Waals surface area contributed by atoms with Crippen molar-refractivity contribution in [1.82, 2.24) is 0 Å². The van der Waals surface area contributed by atoms with Gasteiger partial charge in [-0.25, -0.2) is 18.3 Å². The average Bonchev–Trinajstić information content (AvgIpc) is 2.35. The minimum absolute atomic E-state index is 0.935. The standard InChI is InChI=1S/C5H16O16P4/c6-1-5(2-7,3-8)4-18-23(12,13)20-25(16,17)21-24(14,15)19-22(9,10)11/h6-8H,1-4H2,(H,12,13)(H,14,15)(H,16,17)(H2,9,10,11). The normalized spacial score (nSPS) is 20.5. The van der Waals surface area contributed by atoms with Crippen molar-refractivity contribution in [3.8, 4) is 0 Å². The monoisotopic (exact) mass is 456 g/mol. The second-order valence-electron chi connectivity index (χ2n) is 4.39. The lowest BCUT2D eigenvalue weighted by Crippen LogP contribution is -2.38. The van der Waals surface area contributed by atoms with Crippen LogP contribution in [0.3, 0.4) is 0 Å². The van der Waals surface area contributed by atoms with Crippen molar-refractivity contribution in [1.29, 1.82) is 0 Å². The van der Waals surface area contributed by atoms with Gasteiger partial charge in [0.15, 0.2) is 0 Å². The summed E-state index contributed by atoms with van der Waals surface area (Å²) in [5, 5.41) is 26.9. The summed E-state index contributed by atoms with van der Waals surface area (Å²) in [4.78, 5) is 43.7. The average molecular weight is 456 g/mol. The van der Waals surface area contributed by atoms with Crippen molar-refractivity contribution in [2.45, 2.75) is 0 Å². The molecule has 0 bridgehead atoms. The largest absolute Gasteiger partial charge is 0.490 e. The van der Waals surface area contributed by atoms with Crippen molar-refractivity contribution >= 4 is 31.3 Å². The third kappa shape index (κ3) is 10.4. The van der Waals surface area contributed by atoms with E-state index < -0.39 is 63.1 Å². The summed E-state index contributed by atoms with van der Waals surface area (Å²) in [5.41, 5.74) is -1.84. The lowest BCUT2D eigenvalue weighted by atomic mass is 9.93. The molecule has 0 saturated heterocycles. The predicted octanol–water partition coefficient (Wildman–Crippen LogP) is -1.59. The van der Waals surface area contributed by atoms with Crippen molar-refractivity contribution < 1.29 is 75.5 Å². The second-order valence-corrected chi connectivity index (χ2v) is 10.4. The Labute approximate surface area is 139 Å². The molecule has 0 aliphatic rings. The molecule has 3 atom stereocenters. The van der Waals surface area contributed by atoms with Gasteiger partial charge in [0.25, 0.3) is 0 Å². The second kappa shape index (κ2) is 9.09. The van der Waals surface area contributed by atoms with Crippen LogP contribution in [0.5, 0.6) is 0 Å². The summed E-state index contributed by atoms with van der Waals surface area (Å²) in [6, 6.07) is 0. The van der Waals surface area contributed by atoms with Gasteiger partial charge in [0.1, 0.15) is 0 Å². The molecule has 0 amide bonds.